The van der Waals surface area contributed by atoms with Crippen molar-refractivity contribution in [2.45, 2.75) is 58.5 Å². The minimum atomic E-state index is -0.458. The molecule has 0 spiro atoms. The molecule has 0 aliphatic heterocycles. The molecule has 0 saturated heterocycles. The average Bonchev–Trinajstić information content (AvgIpc) is 2.02. The molecule has 1 atom stereocenters. The molecule has 0 aliphatic rings. The van der Waals surface area contributed by atoms with Crippen LogP contribution in [0.1, 0.15) is 52.4 Å². The van der Waals surface area contributed by atoms with Gasteiger partial charge in [0.25, 0.3) is 0 Å². The van der Waals surface area contributed by atoms with Crippen molar-refractivity contribution in [1.82, 2.24) is 0 Å². The van der Waals surface area contributed by atoms with E-state index in [9.17, 15) is 0 Å². The lowest BCUT2D eigenvalue weighted by Gasteiger charge is -1.94. The normalized spacial score (nSPS) is 11.9. The van der Waals surface area contributed by atoms with Crippen molar-refractivity contribution < 1.29 is 5.11 Å². The molecule has 1 heteroatoms. The molecule has 0 aromatic heterocycles. The molecule has 0 aromatic carbocycles. The summed E-state index contributed by atoms with van der Waals surface area (Å²) < 4.78 is 0. The fourth-order valence-electron chi connectivity index (χ4n) is 1.04. The molecule has 12 heavy (non-hydrogen) atoms. The third kappa shape index (κ3) is 9.52. The Labute approximate surface area is 76.2 Å². The van der Waals surface area contributed by atoms with Gasteiger partial charge in [-0.1, -0.05) is 38.5 Å². The molecule has 0 bridgehead atoms. The van der Waals surface area contributed by atoms with E-state index in [-0.39, 0.29) is 0 Å². The number of aliphatic hydroxyl groups excluding tert-OH is 1. The Morgan fingerprint density at radius 1 is 1.17 bits per heavy atom. The van der Waals surface area contributed by atoms with E-state index in [0.717, 1.165) is 6.42 Å². The highest BCUT2D eigenvalue weighted by Gasteiger charge is 1.86. The molecule has 0 unspecified atom stereocenters. The van der Waals surface area contributed by atoms with E-state index in [4.69, 9.17) is 5.11 Å². The van der Waals surface area contributed by atoms with Crippen LogP contribution in [0.25, 0.3) is 0 Å². The monoisotopic (exact) mass is 168 g/mol. The predicted octanol–water partition coefficient (Wildman–Crippen LogP) is 2.73. The lowest BCUT2D eigenvalue weighted by Crippen LogP contribution is -1.92. The zero-order chi connectivity index (χ0) is 9.23. The second kappa shape index (κ2) is 8.62. The maximum atomic E-state index is 8.82. The van der Waals surface area contributed by atoms with Gasteiger partial charge in [-0.15, -0.1) is 5.92 Å². The van der Waals surface area contributed by atoms with Crippen molar-refractivity contribution in [3.05, 3.63) is 0 Å². The van der Waals surface area contributed by atoms with Gasteiger partial charge in [-0.25, -0.2) is 0 Å². The maximum absolute atomic E-state index is 8.82. The summed E-state index contributed by atoms with van der Waals surface area (Å²) in [7, 11) is 0. The van der Waals surface area contributed by atoms with Gasteiger partial charge in [0.05, 0.1) is 0 Å². The fraction of sp³-hybridized carbons (Fsp3) is 0.818. The van der Waals surface area contributed by atoms with Crippen LogP contribution in [0.3, 0.4) is 0 Å². The van der Waals surface area contributed by atoms with Gasteiger partial charge in [0.15, 0.2) is 0 Å². The van der Waals surface area contributed by atoms with Gasteiger partial charge >= 0.3 is 0 Å². The molecule has 0 saturated carbocycles. The molecule has 70 valence electrons. The highest BCUT2D eigenvalue weighted by molar-refractivity contribution is 5.02. The van der Waals surface area contributed by atoms with Gasteiger partial charge in [-0.05, 0) is 13.3 Å². The topological polar surface area (TPSA) is 20.2 Å². The van der Waals surface area contributed by atoms with Gasteiger partial charge < -0.3 is 5.11 Å². The van der Waals surface area contributed by atoms with E-state index >= 15 is 0 Å². The maximum Gasteiger partial charge on any atom is 0.111 e. The Morgan fingerprint density at radius 2 is 1.83 bits per heavy atom. The highest BCUT2D eigenvalue weighted by atomic mass is 16.3. The average molecular weight is 168 g/mol. The van der Waals surface area contributed by atoms with Crippen LogP contribution in [0.15, 0.2) is 0 Å². The molecule has 0 fully saturated rings. The van der Waals surface area contributed by atoms with E-state index in [1.165, 1.54) is 32.1 Å². The quantitative estimate of drug-likeness (QED) is 0.494. The van der Waals surface area contributed by atoms with E-state index < -0.39 is 6.10 Å². The zero-order valence-corrected chi connectivity index (χ0v) is 8.27. The van der Waals surface area contributed by atoms with Crippen LogP contribution >= 0.6 is 0 Å². The fourth-order valence-corrected chi connectivity index (χ4v) is 1.04. The predicted molar refractivity (Wildman–Crippen MR) is 52.8 cm³/mol. The first kappa shape index (κ1) is 11.5. The van der Waals surface area contributed by atoms with Crippen LogP contribution in [0.5, 0.6) is 0 Å². The van der Waals surface area contributed by atoms with E-state index in [1.807, 2.05) is 0 Å². The molecule has 1 nitrogen and oxygen atoms in total. The molecular formula is C11H20O. The SMILES string of the molecule is CCCCCCCC#C[C@@H](C)O. The van der Waals surface area contributed by atoms with E-state index in [0.29, 0.717) is 0 Å². The lowest BCUT2D eigenvalue weighted by atomic mass is 10.1. The summed E-state index contributed by atoms with van der Waals surface area (Å²) in [5.74, 6) is 5.70. The minimum Gasteiger partial charge on any atom is -0.381 e. The largest absolute Gasteiger partial charge is 0.381 e. The molecule has 0 rings (SSSR count). The molecule has 1 N–H and O–H groups in total. The molecule has 0 amide bonds. The van der Waals surface area contributed by atoms with Crippen molar-refractivity contribution in [2.24, 2.45) is 0 Å². The first-order valence-corrected chi connectivity index (χ1v) is 4.93. The van der Waals surface area contributed by atoms with Crippen LogP contribution in [-0.4, -0.2) is 11.2 Å². The van der Waals surface area contributed by atoms with Gasteiger partial charge in [0.1, 0.15) is 6.10 Å². The Kier molecular flexibility index (Phi) is 8.27. The third-order valence-corrected chi connectivity index (χ3v) is 1.72. The van der Waals surface area contributed by atoms with Crippen molar-refractivity contribution in [3.63, 3.8) is 0 Å². The zero-order valence-electron chi connectivity index (χ0n) is 8.27. The van der Waals surface area contributed by atoms with E-state index in [2.05, 4.69) is 18.8 Å². The number of rotatable bonds is 5. The summed E-state index contributed by atoms with van der Waals surface area (Å²) in [6.07, 6.45) is 6.90. The number of aliphatic hydroxyl groups is 1. The van der Waals surface area contributed by atoms with Crippen molar-refractivity contribution in [1.29, 1.82) is 0 Å². The second-order valence-electron chi connectivity index (χ2n) is 3.16. The van der Waals surface area contributed by atoms with E-state index in [1.54, 1.807) is 6.92 Å². The summed E-state index contributed by atoms with van der Waals surface area (Å²) in [6.45, 7) is 3.91. The van der Waals surface area contributed by atoms with Gasteiger partial charge in [0, 0.05) is 6.42 Å². The highest BCUT2D eigenvalue weighted by Crippen LogP contribution is 2.03. The van der Waals surface area contributed by atoms with Gasteiger partial charge in [-0.3, -0.25) is 0 Å². The molecule has 0 aliphatic carbocycles. The van der Waals surface area contributed by atoms with Gasteiger partial charge in [-0.2, -0.15) is 0 Å². The first-order valence-electron chi connectivity index (χ1n) is 4.93. The van der Waals surface area contributed by atoms with Crippen LogP contribution in [0, 0.1) is 11.8 Å². The standard InChI is InChI=1S/C11H20O/c1-3-4-5-6-7-8-9-10-11(2)12/h11-12H,3-8H2,1-2H3/t11-/m1/s1. The van der Waals surface area contributed by atoms with Crippen LogP contribution in [0.4, 0.5) is 0 Å². The van der Waals surface area contributed by atoms with Crippen LogP contribution in [0.2, 0.25) is 0 Å². The van der Waals surface area contributed by atoms with Crippen molar-refractivity contribution in [3.8, 4) is 11.8 Å². The second-order valence-corrected chi connectivity index (χ2v) is 3.16. The molecule has 0 radical (unpaired) electrons. The summed E-state index contributed by atoms with van der Waals surface area (Å²) in [4.78, 5) is 0. The summed E-state index contributed by atoms with van der Waals surface area (Å²) in [6, 6.07) is 0. The first-order chi connectivity index (χ1) is 5.77. The molecular weight excluding hydrogens is 148 g/mol. The van der Waals surface area contributed by atoms with Crippen molar-refractivity contribution >= 4 is 0 Å². The number of hydrogen-bond donors (Lipinski definition) is 1. The van der Waals surface area contributed by atoms with Crippen LogP contribution < -0.4 is 0 Å². The van der Waals surface area contributed by atoms with Crippen molar-refractivity contribution in [2.75, 3.05) is 0 Å². The van der Waals surface area contributed by atoms with Gasteiger partial charge in [0.2, 0.25) is 0 Å². The summed E-state index contributed by atoms with van der Waals surface area (Å²) in [5.41, 5.74) is 0. The molecule has 0 heterocycles. The Balaban J connectivity index is 3.07. The smallest absolute Gasteiger partial charge is 0.111 e. The Morgan fingerprint density at radius 3 is 2.42 bits per heavy atom. The summed E-state index contributed by atoms with van der Waals surface area (Å²) in [5, 5.41) is 8.82. The summed E-state index contributed by atoms with van der Waals surface area (Å²) >= 11 is 0. The number of unbranched alkanes of at least 4 members (excludes halogenated alkanes) is 5. The lowest BCUT2D eigenvalue weighted by molar-refractivity contribution is 0.253. The third-order valence-electron chi connectivity index (χ3n) is 1.72. The molecule has 0 aromatic rings. The Bertz CT molecular complexity index is 139. The van der Waals surface area contributed by atoms with Crippen LogP contribution in [-0.2, 0) is 0 Å². The Hall–Kier alpha value is -0.480. The number of hydrogen-bond acceptors (Lipinski definition) is 1. The minimum absolute atomic E-state index is 0.458.